The van der Waals surface area contributed by atoms with Crippen molar-refractivity contribution < 1.29 is 14.7 Å². The maximum atomic E-state index is 12.6. The molecule has 7 heteroatoms. The van der Waals surface area contributed by atoms with Gasteiger partial charge in [0.05, 0.1) is 18.6 Å². The SMILES string of the molecule is CCN(CC(=O)O)C1CCN(C(C)C(=O)NC(C)c2ccccc2)CC1.Cl. The molecule has 1 aromatic rings. The minimum Gasteiger partial charge on any atom is -0.480 e. The Labute approximate surface area is 168 Å². The highest BCUT2D eigenvalue weighted by Crippen LogP contribution is 2.19. The number of likely N-dealkylation sites (tertiary alicyclic amines) is 1. The first-order chi connectivity index (χ1) is 12.4. The Hall–Kier alpha value is -1.63. The number of carboxylic acid groups (broad SMARTS) is 1. The van der Waals surface area contributed by atoms with Crippen LogP contribution in [-0.4, -0.2) is 65.0 Å². The van der Waals surface area contributed by atoms with E-state index < -0.39 is 5.97 Å². The van der Waals surface area contributed by atoms with Gasteiger partial charge in [0.25, 0.3) is 0 Å². The minimum atomic E-state index is -0.781. The van der Waals surface area contributed by atoms with Gasteiger partial charge < -0.3 is 10.4 Å². The number of aliphatic carboxylic acids is 1. The van der Waals surface area contributed by atoms with E-state index in [4.69, 9.17) is 5.11 Å². The molecule has 1 aliphatic heterocycles. The molecular weight excluding hydrogens is 366 g/mol. The van der Waals surface area contributed by atoms with Gasteiger partial charge in [-0.3, -0.25) is 19.4 Å². The lowest BCUT2D eigenvalue weighted by atomic mass is 10.0. The number of nitrogens with one attached hydrogen (secondary N) is 1. The van der Waals surface area contributed by atoms with Gasteiger partial charge in [-0.15, -0.1) is 12.4 Å². The molecular formula is C20H32ClN3O3. The molecule has 1 amide bonds. The smallest absolute Gasteiger partial charge is 0.317 e. The zero-order valence-electron chi connectivity index (χ0n) is 16.4. The molecule has 2 unspecified atom stereocenters. The summed E-state index contributed by atoms with van der Waals surface area (Å²) in [5.41, 5.74) is 1.10. The third-order valence-corrected chi connectivity index (χ3v) is 5.35. The summed E-state index contributed by atoms with van der Waals surface area (Å²) < 4.78 is 0. The number of likely N-dealkylation sites (N-methyl/N-ethyl adjacent to an activating group) is 1. The number of carboxylic acids is 1. The predicted octanol–water partition coefficient (Wildman–Crippen LogP) is 2.55. The third kappa shape index (κ3) is 6.79. The first-order valence-electron chi connectivity index (χ1n) is 9.47. The number of carbonyl (C=O) groups is 2. The molecule has 6 nitrogen and oxygen atoms in total. The van der Waals surface area contributed by atoms with E-state index >= 15 is 0 Å². The van der Waals surface area contributed by atoms with Gasteiger partial charge in [0.2, 0.25) is 5.91 Å². The summed E-state index contributed by atoms with van der Waals surface area (Å²) in [7, 11) is 0. The van der Waals surface area contributed by atoms with E-state index in [1.54, 1.807) is 0 Å². The molecule has 1 fully saturated rings. The summed E-state index contributed by atoms with van der Waals surface area (Å²) in [4.78, 5) is 27.8. The Kier molecular flexibility index (Phi) is 9.77. The van der Waals surface area contributed by atoms with Crippen molar-refractivity contribution in [2.24, 2.45) is 0 Å². The fourth-order valence-electron chi connectivity index (χ4n) is 3.64. The second-order valence-corrected chi connectivity index (χ2v) is 7.04. The monoisotopic (exact) mass is 397 g/mol. The number of carbonyl (C=O) groups excluding carboxylic acids is 1. The molecule has 27 heavy (non-hydrogen) atoms. The molecule has 0 radical (unpaired) electrons. The number of amides is 1. The number of rotatable bonds is 8. The zero-order chi connectivity index (χ0) is 19.1. The van der Waals surface area contributed by atoms with Crippen LogP contribution >= 0.6 is 12.4 Å². The van der Waals surface area contributed by atoms with Crippen LogP contribution in [0.15, 0.2) is 30.3 Å². The van der Waals surface area contributed by atoms with E-state index in [0.29, 0.717) is 0 Å². The number of piperidine rings is 1. The van der Waals surface area contributed by atoms with Crippen LogP contribution in [0.5, 0.6) is 0 Å². The summed E-state index contributed by atoms with van der Waals surface area (Å²) in [6, 6.07) is 10.0. The van der Waals surface area contributed by atoms with Crippen molar-refractivity contribution >= 4 is 24.3 Å². The normalized spacial score (nSPS) is 17.8. The van der Waals surface area contributed by atoms with Crippen molar-refractivity contribution in [1.82, 2.24) is 15.1 Å². The molecule has 1 aromatic carbocycles. The van der Waals surface area contributed by atoms with Crippen LogP contribution in [0.3, 0.4) is 0 Å². The van der Waals surface area contributed by atoms with Crippen molar-refractivity contribution in [2.75, 3.05) is 26.2 Å². The fraction of sp³-hybridized carbons (Fsp3) is 0.600. The highest BCUT2D eigenvalue weighted by molar-refractivity contribution is 5.85. The number of halogens is 1. The highest BCUT2D eigenvalue weighted by Gasteiger charge is 2.30. The van der Waals surface area contributed by atoms with Crippen LogP contribution in [0.4, 0.5) is 0 Å². The Morgan fingerprint density at radius 1 is 1.22 bits per heavy atom. The van der Waals surface area contributed by atoms with Gasteiger partial charge in [0.1, 0.15) is 0 Å². The maximum absolute atomic E-state index is 12.6. The average molecular weight is 398 g/mol. The Morgan fingerprint density at radius 3 is 2.33 bits per heavy atom. The van der Waals surface area contributed by atoms with Crippen molar-refractivity contribution in [1.29, 1.82) is 0 Å². The van der Waals surface area contributed by atoms with Crippen LogP contribution < -0.4 is 5.32 Å². The lowest BCUT2D eigenvalue weighted by Crippen LogP contribution is -2.52. The minimum absolute atomic E-state index is 0. The lowest BCUT2D eigenvalue weighted by Gasteiger charge is -2.39. The van der Waals surface area contributed by atoms with Gasteiger partial charge in [0.15, 0.2) is 0 Å². The van der Waals surface area contributed by atoms with Crippen molar-refractivity contribution in [2.45, 2.75) is 51.7 Å². The summed E-state index contributed by atoms with van der Waals surface area (Å²) in [5, 5.41) is 12.1. The van der Waals surface area contributed by atoms with E-state index in [9.17, 15) is 9.59 Å². The molecule has 0 aromatic heterocycles. The summed E-state index contributed by atoms with van der Waals surface area (Å²) in [5.74, 6) is -0.741. The molecule has 1 heterocycles. The molecule has 2 atom stereocenters. The summed E-state index contributed by atoms with van der Waals surface area (Å²) in [6.45, 7) is 8.40. The van der Waals surface area contributed by atoms with E-state index in [0.717, 1.165) is 38.0 Å². The van der Waals surface area contributed by atoms with E-state index in [-0.39, 0.29) is 43.0 Å². The molecule has 0 saturated carbocycles. The van der Waals surface area contributed by atoms with Gasteiger partial charge in [-0.2, -0.15) is 0 Å². The van der Waals surface area contributed by atoms with Gasteiger partial charge in [0, 0.05) is 19.1 Å². The van der Waals surface area contributed by atoms with E-state index in [1.165, 1.54) is 0 Å². The average Bonchev–Trinajstić information content (AvgIpc) is 2.66. The van der Waals surface area contributed by atoms with Gasteiger partial charge in [-0.05, 0) is 38.8 Å². The molecule has 1 aliphatic rings. The molecule has 0 aliphatic carbocycles. The second-order valence-electron chi connectivity index (χ2n) is 7.04. The van der Waals surface area contributed by atoms with Crippen molar-refractivity contribution in [3.05, 3.63) is 35.9 Å². The van der Waals surface area contributed by atoms with Gasteiger partial charge in [-0.1, -0.05) is 37.3 Å². The van der Waals surface area contributed by atoms with Crippen LogP contribution in [0.2, 0.25) is 0 Å². The molecule has 0 spiro atoms. The van der Waals surface area contributed by atoms with Crippen LogP contribution in [0.25, 0.3) is 0 Å². The zero-order valence-corrected chi connectivity index (χ0v) is 17.2. The Balaban J connectivity index is 0.00000364. The topological polar surface area (TPSA) is 72.9 Å². The highest BCUT2D eigenvalue weighted by atomic mass is 35.5. The number of hydrogen-bond donors (Lipinski definition) is 2. The Morgan fingerprint density at radius 2 is 1.81 bits per heavy atom. The first kappa shape index (κ1) is 23.4. The maximum Gasteiger partial charge on any atom is 0.317 e. The van der Waals surface area contributed by atoms with Crippen molar-refractivity contribution in [3.63, 3.8) is 0 Å². The number of hydrogen-bond acceptors (Lipinski definition) is 4. The quantitative estimate of drug-likeness (QED) is 0.705. The summed E-state index contributed by atoms with van der Waals surface area (Å²) in [6.07, 6.45) is 1.79. The number of benzene rings is 1. The van der Waals surface area contributed by atoms with E-state index in [1.807, 2.05) is 56.0 Å². The summed E-state index contributed by atoms with van der Waals surface area (Å²) >= 11 is 0. The molecule has 152 valence electrons. The molecule has 1 saturated heterocycles. The number of nitrogens with zero attached hydrogens (tertiary/aromatic N) is 2. The third-order valence-electron chi connectivity index (χ3n) is 5.35. The predicted molar refractivity (Wildman–Crippen MR) is 109 cm³/mol. The Bertz CT molecular complexity index is 591. The largest absolute Gasteiger partial charge is 0.480 e. The van der Waals surface area contributed by atoms with Gasteiger partial charge in [-0.25, -0.2) is 0 Å². The van der Waals surface area contributed by atoms with Crippen LogP contribution in [-0.2, 0) is 9.59 Å². The molecule has 2 rings (SSSR count). The standard InChI is InChI=1S/C20H31N3O3.ClH/c1-4-22(14-19(24)25)18-10-12-23(13-11-18)16(3)20(26)21-15(2)17-8-6-5-7-9-17;/h5-9,15-16,18H,4,10-14H2,1-3H3,(H,21,26)(H,24,25);1H. The fourth-order valence-corrected chi connectivity index (χ4v) is 3.64. The molecule has 0 bridgehead atoms. The van der Waals surface area contributed by atoms with E-state index in [2.05, 4.69) is 10.2 Å². The lowest BCUT2D eigenvalue weighted by molar-refractivity contribution is -0.139. The first-order valence-corrected chi connectivity index (χ1v) is 9.47. The van der Waals surface area contributed by atoms with Gasteiger partial charge >= 0.3 is 5.97 Å². The second kappa shape index (κ2) is 11.3. The molecule has 2 N–H and O–H groups in total. The van der Waals surface area contributed by atoms with Crippen LogP contribution in [0.1, 0.15) is 45.2 Å². The van der Waals surface area contributed by atoms with Crippen molar-refractivity contribution in [3.8, 4) is 0 Å². The van der Waals surface area contributed by atoms with Crippen LogP contribution in [0, 0.1) is 0 Å².